The minimum Gasteiger partial charge on any atom is -0.457 e. The van der Waals surface area contributed by atoms with Crippen LogP contribution in [0.5, 0.6) is 0 Å². The zero-order valence-corrected chi connectivity index (χ0v) is 10.6. The molecule has 0 aliphatic heterocycles. The first-order chi connectivity index (χ1) is 8.02. The number of furan rings is 1. The number of benzene rings is 1. The van der Waals surface area contributed by atoms with E-state index in [-0.39, 0.29) is 5.56 Å². The van der Waals surface area contributed by atoms with E-state index in [1.807, 2.05) is 0 Å². The molecule has 0 spiro atoms. The Morgan fingerprint density at radius 3 is 2.59 bits per heavy atom. The van der Waals surface area contributed by atoms with Crippen molar-refractivity contribution < 1.29 is 13.2 Å². The van der Waals surface area contributed by atoms with Gasteiger partial charge in [-0.05, 0) is 40.5 Å². The van der Waals surface area contributed by atoms with Crippen LogP contribution in [0.2, 0.25) is 0 Å². The van der Waals surface area contributed by atoms with Crippen LogP contribution in [0.3, 0.4) is 0 Å². The van der Waals surface area contributed by atoms with Gasteiger partial charge in [-0.3, -0.25) is 0 Å². The summed E-state index contributed by atoms with van der Waals surface area (Å²) in [5, 5.41) is 0. The first-order valence-electron chi connectivity index (χ1n) is 4.95. The zero-order valence-electron chi connectivity index (χ0n) is 9.01. The Kier molecular flexibility index (Phi) is 3.31. The zero-order chi connectivity index (χ0) is 12.6. The van der Waals surface area contributed by atoms with Crippen molar-refractivity contribution in [3.05, 3.63) is 57.5 Å². The summed E-state index contributed by atoms with van der Waals surface area (Å²) in [6, 6.07) is 3.27. The molecule has 0 aliphatic rings. The van der Waals surface area contributed by atoms with Crippen LogP contribution in [0.15, 0.2) is 33.5 Å². The van der Waals surface area contributed by atoms with Crippen molar-refractivity contribution in [1.29, 1.82) is 0 Å². The summed E-state index contributed by atoms with van der Waals surface area (Å²) >= 11 is 3.14. The van der Waals surface area contributed by atoms with Crippen molar-refractivity contribution in [2.45, 2.75) is 13.0 Å². The van der Waals surface area contributed by atoms with Crippen LogP contribution in [0.1, 0.15) is 22.7 Å². The monoisotopic (exact) mass is 301 g/mol. The van der Waals surface area contributed by atoms with Crippen LogP contribution in [-0.4, -0.2) is 0 Å². The molecule has 0 bridgehead atoms. The summed E-state index contributed by atoms with van der Waals surface area (Å²) in [5.41, 5.74) is 6.58. The van der Waals surface area contributed by atoms with E-state index in [0.717, 1.165) is 0 Å². The second-order valence-corrected chi connectivity index (χ2v) is 4.44. The third-order valence-corrected chi connectivity index (χ3v) is 3.26. The molecule has 2 N–H and O–H groups in total. The SMILES string of the molecule is Cc1ccc(F)c(C(N)c2ccoc2Br)c1F. The molecule has 0 fully saturated rings. The fourth-order valence-corrected chi connectivity index (χ4v) is 2.13. The molecular formula is C12H10BrF2NO. The van der Waals surface area contributed by atoms with Crippen molar-refractivity contribution in [2.75, 3.05) is 0 Å². The van der Waals surface area contributed by atoms with Crippen LogP contribution in [-0.2, 0) is 0 Å². The van der Waals surface area contributed by atoms with Gasteiger partial charge in [0.2, 0.25) is 0 Å². The topological polar surface area (TPSA) is 39.2 Å². The molecule has 1 aromatic carbocycles. The smallest absolute Gasteiger partial charge is 0.174 e. The van der Waals surface area contributed by atoms with Gasteiger partial charge in [0.25, 0.3) is 0 Å². The van der Waals surface area contributed by atoms with Gasteiger partial charge in [0, 0.05) is 11.1 Å². The Bertz CT molecular complexity index is 553. The summed E-state index contributed by atoms with van der Waals surface area (Å²) < 4.78 is 32.9. The van der Waals surface area contributed by atoms with Gasteiger partial charge in [-0.2, -0.15) is 0 Å². The lowest BCUT2D eigenvalue weighted by Gasteiger charge is -2.14. The van der Waals surface area contributed by atoms with Crippen molar-refractivity contribution >= 4 is 15.9 Å². The van der Waals surface area contributed by atoms with E-state index in [2.05, 4.69) is 15.9 Å². The Hall–Kier alpha value is -1.20. The van der Waals surface area contributed by atoms with Crippen LogP contribution < -0.4 is 5.73 Å². The molecule has 0 amide bonds. The average Bonchev–Trinajstić information content (AvgIpc) is 2.70. The van der Waals surface area contributed by atoms with Crippen molar-refractivity contribution in [3.8, 4) is 0 Å². The fraction of sp³-hybridized carbons (Fsp3) is 0.167. The Labute approximate surface area is 106 Å². The van der Waals surface area contributed by atoms with Gasteiger partial charge >= 0.3 is 0 Å². The lowest BCUT2D eigenvalue weighted by atomic mass is 9.99. The first kappa shape index (κ1) is 12.3. The average molecular weight is 302 g/mol. The molecule has 2 aromatic rings. The molecule has 2 nitrogen and oxygen atoms in total. The molecule has 0 aliphatic carbocycles. The number of hydrogen-bond donors (Lipinski definition) is 1. The predicted octanol–water partition coefficient (Wildman–Crippen LogP) is 3.68. The lowest BCUT2D eigenvalue weighted by molar-refractivity contribution is 0.521. The number of hydrogen-bond acceptors (Lipinski definition) is 2. The van der Waals surface area contributed by atoms with Gasteiger partial charge in [0.05, 0.1) is 12.3 Å². The molecule has 2 rings (SSSR count). The molecule has 1 heterocycles. The van der Waals surface area contributed by atoms with E-state index in [9.17, 15) is 8.78 Å². The molecule has 0 radical (unpaired) electrons. The van der Waals surface area contributed by atoms with Gasteiger partial charge < -0.3 is 10.2 Å². The number of nitrogens with two attached hydrogens (primary N) is 1. The maximum Gasteiger partial charge on any atom is 0.174 e. The molecule has 5 heteroatoms. The van der Waals surface area contributed by atoms with Gasteiger partial charge in [-0.1, -0.05) is 6.07 Å². The number of rotatable bonds is 2. The van der Waals surface area contributed by atoms with E-state index in [0.29, 0.717) is 15.8 Å². The van der Waals surface area contributed by atoms with Crippen molar-refractivity contribution in [2.24, 2.45) is 5.73 Å². The molecule has 90 valence electrons. The standard InChI is InChI=1S/C12H10BrF2NO/c1-6-2-3-8(14)9(10(6)15)11(16)7-4-5-17-12(7)13/h2-5,11H,16H2,1H3. The lowest BCUT2D eigenvalue weighted by Crippen LogP contribution is -2.16. The molecule has 0 saturated heterocycles. The summed E-state index contributed by atoms with van der Waals surface area (Å²) in [7, 11) is 0. The summed E-state index contributed by atoms with van der Waals surface area (Å²) in [6.07, 6.45) is 1.41. The van der Waals surface area contributed by atoms with E-state index in [4.69, 9.17) is 10.2 Å². The highest BCUT2D eigenvalue weighted by Gasteiger charge is 2.22. The first-order valence-corrected chi connectivity index (χ1v) is 5.74. The van der Waals surface area contributed by atoms with E-state index in [1.165, 1.54) is 18.4 Å². The minimum absolute atomic E-state index is 0.146. The quantitative estimate of drug-likeness (QED) is 0.919. The third-order valence-electron chi connectivity index (χ3n) is 2.61. The second-order valence-electron chi connectivity index (χ2n) is 3.72. The Morgan fingerprint density at radius 2 is 2.00 bits per heavy atom. The molecule has 17 heavy (non-hydrogen) atoms. The molecule has 1 unspecified atom stereocenters. The maximum atomic E-state index is 13.9. The Morgan fingerprint density at radius 1 is 1.29 bits per heavy atom. The van der Waals surface area contributed by atoms with E-state index in [1.54, 1.807) is 13.0 Å². The third kappa shape index (κ3) is 2.12. The van der Waals surface area contributed by atoms with Gasteiger partial charge in [0.15, 0.2) is 4.67 Å². The van der Waals surface area contributed by atoms with Crippen molar-refractivity contribution in [3.63, 3.8) is 0 Å². The largest absolute Gasteiger partial charge is 0.457 e. The summed E-state index contributed by atoms with van der Waals surface area (Å²) in [4.78, 5) is 0. The molecule has 1 aromatic heterocycles. The highest BCUT2D eigenvalue weighted by Crippen LogP contribution is 2.31. The van der Waals surface area contributed by atoms with Gasteiger partial charge in [-0.25, -0.2) is 8.78 Å². The van der Waals surface area contributed by atoms with Crippen LogP contribution in [0.25, 0.3) is 0 Å². The fourth-order valence-electron chi connectivity index (χ4n) is 1.65. The molecular weight excluding hydrogens is 292 g/mol. The van der Waals surface area contributed by atoms with Crippen LogP contribution in [0, 0.1) is 18.6 Å². The van der Waals surface area contributed by atoms with E-state index >= 15 is 0 Å². The van der Waals surface area contributed by atoms with Crippen LogP contribution in [0.4, 0.5) is 8.78 Å². The second kappa shape index (κ2) is 4.58. The van der Waals surface area contributed by atoms with E-state index < -0.39 is 17.7 Å². The van der Waals surface area contributed by atoms with Crippen LogP contribution >= 0.6 is 15.9 Å². The van der Waals surface area contributed by atoms with Gasteiger partial charge in [-0.15, -0.1) is 0 Å². The maximum absolute atomic E-state index is 13.9. The van der Waals surface area contributed by atoms with Gasteiger partial charge in [0.1, 0.15) is 11.6 Å². The normalized spacial score (nSPS) is 12.8. The predicted molar refractivity (Wildman–Crippen MR) is 63.5 cm³/mol. The highest BCUT2D eigenvalue weighted by molar-refractivity contribution is 9.10. The number of halogens is 3. The molecule has 0 saturated carbocycles. The summed E-state index contributed by atoms with van der Waals surface area (Å²) in [6.45, 7) is 1.56. The highest BCUT2D eigenvalue weighted by atomic mass is 79.9. The Balaban J connectivity index is 2.55. The summed E-state index contributed by atoms with van der Waals surface area (Å²) in [5.74, 6) is -1.28. The minimum atomic E-state index is -0.900. The molecule has 1 atom stereocenters. The number of aryl methyl sites for hydroxylation is 1. The van der Waals surface area contributed by atoms with Crippen molar-refractivity contribution in [1.82, 2.24) is 0 Å².